The monoisotopic (exact) mass is 212 g/mol. The van der Waals surface area contributed by atoms with Crippen molar-refractivity contribution >= 4 is 6.29 Å². The fraction of sp³-hybridized carbons (Fsp3) is 0.909. The number of carbonyl (C=O) groups is 1. The van der Waals surface area contributed by atoms with Gasteiger partial charge < -0.3 is 20.2 Å². The molecular formula is C11H20N2O2. The topological polar surface area (TPSA) is 50.4 Å². The molecule has 0 aromatic heterocycles. The molecule has 0 bridgehead atoms. The summed E-state index contributed by atoms with van der Waals surface area (Å²) in [5.74, 6) is 0. The van der Waals surface area contributed by atoms with Crippen molar-refractivity contribution in [2.24, 2.45) is 0 Å². The summed E-state index contributed by atoms with van der Waals surface area (Å²) < 4.78 is 5.81. The van der Waals surface area contributed by atoms with Gasteiger partial charge in [-0.2, -0.15) is 0 Å². The molecule has 86 valence electrons. The first kappa shape index (κ1) is 11.0. The van der Waals surface area contributed by atoms with Crippen LogP contribution in [0.4, 0.5) is 0 Å². The minimum Gasteiger partial charge on any atom is -0.377 e. The Morgan fingerprint density at radius 1 is 1.20 bits per heavy atom. The summed E-state index contributed by atoms with van der Waals surface area (Å²) in [5, 5.41) is 6.51. The summed E-state index contributed by atoms with van der Waals surface area (Å²) in [7, 11) is 0. The Morgan fingerprint density at radius 3 is 2.67 bits per heavy atom. The molecule has 1 heterocycles. The van der Waals surface area contributed by atoms with E-state index in [4.69, 9.17) is 4.74 Å². The second-order valence-electron chi connectivity index (χ2n) is 4.42. The standard InChI is InChI=1S/C11H20N2O2/c14-7-10-11(13-6-5-12-10)8-15-9-3-1-2-4-9/h7,9-13H,1-6,8H2. The second-order valence-corrected chi connectivity index (χ2v) is 4.42. The Balaban J connectivity index is 1.73. The molecule has 0 radical (unpaired) electrons. The summed E-state index contributed by atoms with van der Waals surface area (Å²) >= 11 is 0. The van der Waals surface area contributed by atoms with Crippen molar-refractivity contribution in [3.8, 4) is 0 Å². The highest BCUT2D eigenvalue weighted by Crippen LogP contribution is 2.21. The van der Waals surface area contributed by atoms with E-state index in [1.807, 2.05) is 0 Å². The van der Waals surface area contributed by atoms with Crippen LogP contribution in [0.25, 0.3) is 0 Å². The third-order valence-corrected chi connectivity index (χ3v) is 3.31. The number of aldehydes is 1. The minimum absolute atomic E-state index is 0.0832. The third kappa shape index (κ3) is 3.00. The van der Waals surface area contributed by atoms with Gasteiger partial charge >= 0.3 is 0 Å². The molecule has 0 aromatic rings. The van der Waals surface area contributed by atoms with E-state index < -0.39 is 0 Å². The quantitative estimate of drug-likeness (QED) is 0.648. The molecule has 4 heteroatoms. The molecule has 2 fully saturated rings. The van der Waals surface area contributed by atoms with Gasteiger partial charge in [-0.15, -0.1) is 0 Å². The van der Waals surface area contributed by atoms with Crippen molar-refractivity contribution < 1.29 is 9.53 Å². The Bertz CT molecular complexity index is 205. The lowest BCUT2D eigenvalue weighted by atomic mass is 10.1. The van der Waals surface area contributed by atoms with Gasteiger partial charge in [0.05, 0.1) is 24.8 Å². The molecule has 1 aliphatic carbocycles. The summed E-state index contributed by atoms with van der Waals surface area (Å²) in [6.07, 6.45) is 6.36. The van der Waals surface area contributed by atoms with Crippen LogP contribution in [0, 0.1) is 0 Å². The molecule has 0 aromatic carbocycles. The van der Waals surface area contributed by atoms with Gasteiger partial charge in [0.25, 0.3) is 0 Å². The molecule has 0 spiro atoms. The first-order valence-electron chi connectivity index (χ1n) is 5.94. The van der Waals surface area contributed by atoms with Crippen molar-refractivity contribution in [2.45, 2.75) is 43.9 Å². The first-order chi connectivity index (χ1) is 7.40. The average Bonchev–Trinajstić information content (AvgIpc) is 2.79. The van der Waals surface area contributed by atoms with E-state index in [0.717, 1.165) is 19.4 Å². The van der Waals surface area contributed by atoms with Gasteiger partial charge in [0.1, 0.15) is 6.29 Å². The second kappa shape index (κ2) is 5.58. The van der Waals surface area contributed by atoms with E-state index in [0.29, 0.717) is 12.7 Å². The molecule has 2 atom stereocenters. The molecule has 2 unspecified atom stereocenters. The molecule has 1 aliphatic heterocycles. The van der Waals surface area contributed by atoms with Gasteiger partial charge in [-0.3, -0.25) is 0 Å². The zero-order chi connectivity index (χ0) is 10.5. The molecule has 0 amide bonds. The molecular weight excluding hydrogens is 192 g/mol. The van der Waals surface area contributed by atoms with Crippen LogP contribution in [0.5, 0.6) is 0 Å². The highest BCUT2D eigenvalue weighted by Gasteiger charge is 2.25. The van der Waals surface area contributed by atoms with Gasteiger partial charge in [0.2, 0.25) is 0 Å². The van der Waals surface area contributed by atoms with Crippen molar-refractivity contribution in [3.05, 3.63) is 0 Å². The van der Waals surface area contributed by atoms with Crippen LogP contribution in [0.3, 0.4) is 0 Å². The van der Waals surface area contributed by atoms with Crippen LogP contribution >= 0.6 is 0 Å². The van der Waals surface area contributed by atoms with E-state index in [2.05, 4.69) is 10.6 Å². The summed E-state index contributed by atoms with van der Waals surface area (Å²) in [6, 6.07) is 0.0667. The molecule has 2 aliphatic rings. The van der Waals surface area contributed by atoms with E-state index in [-0.39, 0.29) is 12.1 Å². The maximum absolute atomic E-state index is 10.8. The highest BCUT2D eigenvalue weighted by atomic mass is 16.5. The largest absolute Gasteiger partial charge is 0.377 e. The summed E-state index contributed by atoms with van der Waals surface area (Å²) in [4.78, 5) is 10.8. The van der Waals surface area contributed by atoms with Crippen molar-refractivity contribution in [1.29, 1.82) is 0 Å². The van der Waals surface area contributed by atoms with Crippen LogP contribution in [-0.2, 0) is 9.53 Å². The van der Waals surface area contributed by atoms with E-state index >= 15 is 0 Å². The molecule has 1 saturated carbocycles. The van der Waals surface area contributed by atoms with Crippen molar-refractivity contribution in [3.63, 3.8) is 0 Å². The predicted octanol–water partition coefficient (Wildman–Crippen LogP) is 0.0745. The highest BCUT2D eigenvalue weighted by molar-refractivity contribution is 5.59. The van der Waals surface area contributed by atoms with Gasteiger partial charge in [0.15, 0.2) is 0 Å². The number of rotatable bonds is 4. The Morgan fingerprint density at radius 2 is 1.93 bits per heavy atom. The summed E-state index contributed by atoms with van der Waals surface area (Å²) in [6.45, 7) is 2.44. The maximum atomic E-state index is 10.8. The molecule has 2 N–H and O–H groups in total. The van der Waals surface area contributed by atoms with E-state index in [1.165, 1.54) is 25.7 Å². The lowest BCUT2D eigenvalue weighted by Crippen LogP contribution is -2.58. The van der Waals surface area contributed by atoms with Crippen LogP contribution in [-0.4, -0.2) is 44.2 Å². The zero-order valence-electron chi connectivity index (χ0n) is 9.08. The average molecular weight is 212 g/mol. The Labute approximate surface area is 90.8 Å². The number of ether oxygens (including phenoxy) is 1. The fourth-order valence-corrected chi connectivity index (χ4v) is 2.37. The Hall–Kier alpha value is -0.450. The molecule has 15 heavy (non-hydrogen) atoms. The first-order valence-corrected chi connectivity index (χ1v) is 5.94. The molecule has 2 rings (SSSR count). The van der Waals surface area contributed by atoms with Crippen LogP contribution < -0.4 is 10.6 Å². The lowest BCUT2D eigenvalue weighted by Gasteiger charge is -2.30. The third-order valence-electron chi connectivity index (χ3n) is 3.31. The fourth-order valence-electron chi connectivity index (χ4n) is 2.37. The minimum atomic E-state index is -0.0832. The molecule has 4 nitrogen and oxygen atoms in total. The maximum Gasteiger partial charge on any atom is 0.138 e. The van der Waals surface area contributed by atoms with Gasteiger partial charge in [-0.05, 0) is 12.8 Å². The van der Waals surface area contributed by atoms with Crippen LogP contribution in [0.1, 0.15) is 25.7 Å². The van der Waals surface area contributed by atoms with Crippen molar-refractivity contribution in [2.75, 3.05) is 19.7 Å². The smallest absolute Gasteiger partial charge is 0.138 e. The van der Waals surface area contributed by atoms with Crippen LogP contribution in [0.2, 0.25) is 0 Å². The van der Waals surface area contributed by atoms with Gasteiger partial charge in [0, 0.05) is 13.1 Å². The van der Waals surface area contributed by atoms with Gasteiger partial charge in [-0.1, -0.05) is 12.8 Å². The zero-order valence-corrected chi connectivity index (χ0v) is 9.08. The molecule has 1 saturated heterocycles. The number of piperazine rings is 1. The summed E-state index contributed by atoms with van der Waals surface area (Å²) in [5.41, 5.74) is 0. The van der Waals surface area contributed by atoms with Crippen molar-refractivity contribution in [1.82, 2.24) is 10.6 Å². The predicted molar refractivity (Wildman–Crippen MR) is 57.9 cm³/mol. The lowest BCUT2D eigenvalue weighted by molar-refractivity contribution is -0.111. The van der Waals surface area contributed by atoms with Crippen LogP contribution in [0.15, 0.2) is 0 Å². The number of nitrogens with one attached hydrogen (secondary N) is 2. The van der Waals surface area contributed by atoms with Gasteiger partial charge in [-0.25, -0.2) is 0 Å². The number of hydrogen-bond donors (Lipinski definition) is 2. The normalized spacial score (nSPS) is 33.1. The van der Waals surface area contributed by atoms with E-state index in [9.17, 15) is 4.79 Å². The Kier molecular flexibility index (Phi) is 4.11. The SMILES string of the molecule is O=CC1NCCNC1COC1CCCC1. The van der Waals surface area contributed by atoms with E-state index in [1.54, 1.807) is 0 Å². The number of hydrogen-bond acceptors (Lipinski definition) is 4. The number of carbonyl (C=O) groups excluding carboxylic acids is 1.